The van der Waals surface area contributed by atoms with Crippen LogP contribution in [-0.2, 0) is 6.54 Å². The van der Waals surface area contributed by atoms with E-state index in [1.54, 1.807) is 29.9 Å². The van der Waals surface area contributed by atoms with Crippen molar-refractivity contribution in [2.24, 2.45) is 0 Å². The molecule has 0 radical (unpaired) electrons. The summed E-state index contributed by atoms with van der Waals surface area (Å²) < 4.78 is 16.1. The summed E-state index contributed by atoms with van der Waals surface area (Å²) in [4.78, 5) is 14.3. The van der Waals surface area contributed by atoms with Crippen LogP contribution in [0.4, 0.5) is 10.2 Å². The highest BCUT2D eigenvalue weighted by molar-refractivity contribution is 9.10. The molecule has 22 heavy (non-hydrogen) atoms. The van der Waals surface area contributed by atoms with Crippen LogP contribution in [0.5, 0.6) is 0 Å². The second kappa shape index (κ2) is 7.02. The number of likely N-dealkylation sites (N-methyl/N-ethyl adjacent to an activating group) is 1. The van der Waals surface area contributed by atoms with Gasteiger partial charge in [-0.3, -0.25) is 9.48 Å². The molecular weight excluding hydrogens is 351 g/mol. The Morgan fingerprint density at radius 2 is 2.14 bits per heavy atom. The van der Waals surface area contributed by atoms with Gasteiger partial charge in [0.15, 0.2) is 5.82 Å². The van der Waals surface area contributed by atoms with Crippen LogP contribution in [0.2, 0.25) is 0 Å². The second-order valence-corrected chi connectivity index (χ2v) is 6.07. The molecule has 0 fully saturated rings. The number of hydrogen-bond acceptors (Lipinski definition) is 3. The number of carbonyl (C=O) groups is 1. The van der Waals surface area contributed by atoms with Crippen LogP contribution < -0.4 is 5.32 Å². The lowest BCUT2D eigenvalue weighted by Crippen LogP contribution is -2.19. The third kappa shape index (κ3) is 3.92. The quantitative estimate of drug-likeness (QED) is 0.882. The number of anilines is 1. The van der Waals surface area contributed by atoms with E-state index in [1.807, 2.05) is 19.0 Å². The molecule has 0 aliphatic rings. The van der Waals surface area contributed by atoms with Crippen LogP contribution in [0.25, 0.3) is 0 Å². The van der Waals surface area contributed by atoms with Gasteiger partial charge in [0.1, 0.15) is 5.82 Å². The number of hydrogen-bond donors (Lipinski definition) is 1. The van der Waals surface area contributed by atoms with Crippen LogP contribution in [0.3, 0.4) is 0 Å². The Morgan fingerprint density at radius 1 is 1.41 bits per heavy atom. The zero-order chi connectivity index (χ0) is 16.3. The first-order chi connectivity index (χ1) is 10.4. The molecule has 0 aliphatic carbocycles. The minimum absolute atomic E-state index is 0.0113. The lowest BCUT2D eigenvalue weighted by atomic mass is 10.1. The van der Waals surface area contributed by atoms with Gasteiger partial charge < -0.3 is 10.2 Å². The van der Waals surface area contributed by atoms with Crippen LogP contribution >= 0.6 is 15.9 Å². The zero-order valence-electron chi connectivity index (χ0n) is 12.7. The van der Waals surface area contributed by atoms with Crippen molar-refractivity contribution in [1.29, 1.82) is 0 Å². The topological polar surface area (TPSA) is 50.2 Å². The van der Waals surface area contributed by atoms with E-state index < -0.39 is 11.7 Å². The first-order valence-corrected chi connectivity index (χ1v) is 7.62. The lowest BCUT2D eigenvalue weighted by Gasteiger charge is -2.09. The first kappa shape index (κ1) is 16.6. The highest BCUT2D eigenvalue weighted by atomic mass is 79.9. The van der Waals surface area contributed by atoms with Crippen LogP contribution in [0.15, 0.2) is 28.9 Å². The highest BCUT2D eigenvalue weighted by Gasteiger charge is 2.18. The van der Waals surface area contributed by atoms with E-state index in [4.69, 9.17) is 0 Å². The predicted molar refractivity (Wildman–Crippen MR) is 87.6 cm³/mol. The standard InChI is InChI=1S/C15H18BrFN4O/c1-10-4-5-11(17)13(14(10)16)15(22)18-12-6-7-21(19-12)9-8-20(2)3/h4-7H,8-9H2,1-3H3,(H,18,19,22). The van der Waals surface area contributed by atoms with Crippen LogP contribution in [0.1, 0.15) is 15.9 Å². The molecule has 0 unspecified atom stereocenters. The van der Waals surface area contributed by atoms with Crippen molar-refractivity contribution in [1.82, 2.24) is 14.7 Å². The van der Waals surface area contributed by atoms with Gasteiger partial charge in [-0.1, -0.05) is 6.07 Å². The average molecular weight is 369 g/mol. The fraction of sp³-hybridized carbons (Fsp3) is 0.333. The fourth-order valence-corrected chi connectivity index (χ4v) is 2.40. The number of aromatic nitrogens is 2. The van der Waals surface area contributed by atoms with Gasteiger partial charge in [-0.2, -0.15) is 5.10 Å². The lowest BCUT2D eigenvalue weighted by molar-refractivity contribution is 0.102. The van der Waals surface area contributed by atoms with E-state index in [-0.39, 0.29) is 5.56 Å². The summed E-state index contributed by atoms with van der Waals surface area (Å²) in [7, 11) is 3.95. The Labute approximate surface area is 137 Å². The maximum Gasteiger partial charge on any atom is 0.261 e. The molecule has 0 saturated heterocycles. The summed E-state index contributed by atoms with van der Waals surface area (Å²) >= 11 is 3.26. The molecule has 0 saturated carbocycles. The summed E-state index contributed by atoms with van der Waals surface area (Å²) in [6.45, 7) is 3.36. The molecular formula is C15H18BrFN4O. The summed E-state index contributed by atoms with van der Waals surface area (Å²) in [6, 6.07) is 4.59. The Bertz CT molecular complexity index is 684. The largest absolute Gasteiger partial charge is 0.308 e. The molecule has 118 valence electrons. The van der Waals surface area contributed by atoms with Gasteiger partial charge in [0.05, 0.1) is 12.1 Å². The molecule has 2 rings (SSSR count). The Morgan fingerprint density at radius 3 is 2.82 bits per heavy atom. The molecule has 7 heteroatoms. The van der Waals surface area contributed by atoms with Gasteiger partial charge in [-0.05, 0) is 48.6 Å². The summed E-state index contributed by atoms with van der Waals surface area (Å²) in [6.07, 6.45) is 1.78. The van der Waals surface area contributed by atoms with E-state index in [9.17, 15) is 9.18 Å². The number of nitrogens with zero attached hydrogens (tertiary/aromatic N) is 3. The number of halogens is 2. The normalized spacial score (nSPS) is 11.0. The molecule has 1 aromatic carbocycles. The number of benzene rings is 1. The van der Waals surface area contributed by atoms with Crippen LogP contribution in [-0.4, -0.2) is 41.2 Å². The minimum atomic E-state index is -0.568. The monoisotopic (exact) mass is 368 g/mol. The molecule has 1 N–H and O–H groups in total. The average Bonchev–Trinajstić information content (AvgIpc) is 2.88. The minimum Gasteiger partial charge on any atom is -0.308 e. The second-order valence-electron chi connectivity index (χ2n) is 5.27. The van der Waals surface area contributed by atoms with Gasteiger partial charge in [-0.25, -0.2) is 4.39 Å². The van der Waals surface area contributed by atoms with E-state index in [1.165, 1.54) is 6.07 Å². The molecule has 2 aromatic rings. The van der Waals surface area contributed by atoms with Gasteiger partial charge >= 0.3 is 0 Å². The summed E-state index contributed by atoms with van der Waals surface area (Å²) in [5, 5.41) is 6.87. The molecule has 0 spiro atoms. The maximum atomic E-state index is 13.9. The number of carbonyl (C=O) groups excluding carboxylic acids is 1. The van der Waals surface area contributed by atoms with Crippen LogP contribution in [0, 0.1) is 12.7 Å². The van der Waals surface area contributed by atoms with Crippen molar-refractivity contribution >= 4 is 27.7 Å². The van der Waals surface area contributed by atoms with E-state index in [0.717, 1.165) is 12.1 Å². The number of aryl methyl sites for hydroxylation is 1. The van der Waals surface area contributed by atoms with Crippen molar-refractivity contribution in [2.45, 2.75) is 13.5 Å². The number of amides is 1. The Kier molecular flexibility index (Phi) is 5.31. The van der Waals surface area contributed by atoms with Gasteiger partial charge in [0.2, 0.25) is 0 Å². The first-order valence-electron chi connectivity index (χ1n) is 6.82. The summed E-state index contributed by atoms with van der Waals surface area (Å²) in [5.74, 6) is -0.690. The third-order valence-corrected chi connectivity index (χ3v) is 4.19. The van der Waals surface area contributed by atoms with Crippen molar-refractivity contribution in [3.8, 4) is 0 Å². The molecule has 0 aliphatic heterocycles. The summed E-state index contributed by atoms with van der Waals surface area (Å²) in [5.41, 5.74) is 0.783. The van der Waals surface area contributed by atoms with E-state index in [0.29, 0.717) is 16.8 Å². The molecule has 0 atom stereocenters. The highest BCUT2D eigenvalue weighted by Crippen LogP contribution is 2.24. The van der Waals surface area contributed by atoms with E-state index in [2.05, 4.69) is 26.3 Å². The third-order valence-electron chi connectivity index (χ3n) is 3.17. The number of nitrogens with one attached hydrogen (secondary N) is 1. The molecule has 0 bridgehead atoms. The zero-order valence-corrected chi connectivity index (χ0v) is 14.3. The van der Waals surface area contributed by atoms with Crippen molar-refractivity contribution in [2.75, 3.05) is 26.0 Å². The molecule has 1 heterocycles. The van der Waals surface area contributed by atoms with Crippen molar-refractivity contribution in [3.05, 3.63) is 45.8 Å². The maximum absolute atomic E-state index is 13.9. The Balaban J connectivity index is 2.11. The smallest absolute Gasteiger partial charge is 0.261 e. The fourth-order valence-electron chi connectivity index (χ4n) is 1.90. The van der Waals surface area contributed by atoms with Gasteiger partial charge in [0.25, 0.3) is 5.91 Å². The predicted octanol–water partition coefficient (Wildman–Crippen LogP) is 2.91. The SMILES string of the molecule is Cc1ccc(F)c(C(=O)Nc2ccn(CCN(C)C)n2)c1Br. The van der Waals surface area contributed by atoms with Crippen molar-refractivity contribution < 1.29 is 9.18 Å². The molecule has 5 nitrogen and oxygen atoms in total. The van der Waals surface area contributed by atoms with Gasteiger partial charge in [-0.15, -0.1) is 0 Å². The van der Waals surface area contributed by atoms with Crippen molar-refractivity contribution in [3.63, 3.8) is 0 Å². The van der Waals surface area contributed by atoms with Gasteiger partial charge in [0, 0.05) is 23.3 Å². The molecule has 1 amide bonds. The van der Waals surface area contributed by atoms with E-state index >= 15 is 0 Å². The Hall–Kier alpha value is -1.73. The molecule has 1 aromatic heterocycles. The number of rotatable bonds is 5.